The zero-order valence-corrected chi connectivity index (χ0v) is 17.6. The summed E-state index contributed by atoms with van der Waals surface area (Å²) in [5.74, 6) is 0.173. The average molecular weight is 423 g/mol. The number of carbonyl (C=O) groups is 1. The minimum atomic E-state index is -0.933. The van der Waals surface area contributed by atoms with Crippen LogP contribution < -0.4 is 0 Å². The Morgan fingerprint density at radius 2 is 1.81 bits per heavy atom. The molecular weight excluding hydrogens is 397 g/mol. The Labute approximate surface area is 181 Å². The molecule has 162 valence electrons. The van der Waals surface area contributed by atoms with E-state index < -0.39 is 5.41 Å². The number of carbonyl (C=O) groups excluding carboxylic acids is 1. The van der Waals surface area contributed by atoms with Gasteiger partial charge in [0.15, 0.2) is 5.82 Å². The topological polar surface area (TPSA) is 68.5 Å². The van der Waals surface area contributed by atoms with Crippen LogP contribution in [-0.4, -0.2) is 40.7 Å². The van der Waals surface area contributed by atoms with Crippen LogP contribution in [0.15, 0.2) is 59.1 Å². The monoisotopic (exact) mass is 423 g/mol. The van der Waals surface area contributed by atoms with Crippen molar-refractivity contribution >= 4 is 5.97 Å². The van der Waals surface area contributed by atoms with Crippen molar-refractivity contribution in [1.82, 2.24) is 15.0 Å². The van der Waals surface area contributed by atoms with Gasteiger partial charge in [0.05, 0.1) is 6.61 Å². The summed E-state index contributed by atoms with van der Waals surface area (Å²) < 4.78 is 24.1. The minimum absolute atomic E-state index is 0.291. The van der Waals surface area contributed by atoms with Gasteiger partial charge in [0, 0.05) is 26.1 Å². The third-order valence-electron chi connectivity index (χ3n) is 5.78. The smallest absolute Gasteiger partial charge is 0.321 e. The summed E-state index contributed by atoms with van der Waals surface area (Å²) in [5.41, 5.74) is 1.18. The molecule has 0 saturated carbocycles. The van der Waals surface area contributed by atoms with E-state index in [9.17, 15) is 9.18 Å². The van der Waals surface area contributed by atoms with Crippen molar-refractivity contribution < 1.29 is 18.4 Å². The Balaban J connectivity index is 1.50. The summed E-state index contributed by atoms with van der Waals surface area (Å²) in [7, 11) is 0. The third kappa shape index (κ3) is 4.82. The number of nitrogens with zero attached hydrogens (tertiary/aromatic N) is 3. The lowest BCUT2D eigenvalue weighted by molar-refractivity contribution is -0.153. The van der Waals surface area contributed by atoms with Gasteiger partial charge in [-0.05, 0) is 43.0 Å². The summed E-state index contributed by atoms with van der Waals surface area (Å²) >= 11 is 0. The standard InChI is InChI=1S/C24H26FN3O3/c1-2-30-23(29)24(12-14-28(15-13-24)17-19-6-4-3-5-7-19)22-26-21(27-31-22)16-18-8-10-20(25)11-9-18/h3-11H,2,12-17H2,1H3. The van der Waals surface area contributed by atoms with Crippen molar-refractivity contribution in [3.8, 4) is 0 Å². The van der Waals surface area contributed by atoms with E-state index in [1.807, 2.05) is 18.2 Å². The van der Waals surface area contributed by atoms with E-state index in [4.69, 9.17) is 9.26 Å². The predicted octanol–water partition coefficient (Wildman–Crippen LogP) is 3.90. The van der Waals surface area contributed by atoms with Gasteiger partial charge in [-0.2, -0.15) is 4.98 Å². The molecule has 0 aliphatic carbocycles. The van der Waals surface area contributed by atoms with Crippen LogP contribution in [0, 0.1) is 5.82 Å². The van der Waals surface area contributed by atoms with Gasteiger partial charge in [-0.1, -0.05) is 47.6 Å². The maximum absolute atomic E-state index is 13.1. The fourth-order valence-corrected chi connectivity index (χ4v) is 4.01. The molecule has 1 aromatic heterocycles. The van der Waals surface area contributed by atoms with Crippen molar-refractivity contribution in [3.63, 3.8) is 0 Å². The number of rotatable bonds is 7. The van der Waals surface area contributed by atoms with Crippen LogP contribution in [-0.2, 0) is 27.9 Å². The predicted molar refractivity (Wildman–Crippen MR) is 113 cm³/mol. The quantitative estimate of drug-likeness (QED) is 0.537. The zero-order valence-electron chi connectivity index (χ0n) is 17.6. The third-order valence-corrected chi connectivity index (χ3v) is 5.78. The van der Waals surface area contributed by atoms with Crippen molar-refractivity contribution in [2.45, 2.75) is 38.1 Å². The number of hydrogen-bond donors (Lipinski definition) is 0. The number of halogens is 1. The lowest BCUT2D eigenvalue weighted by Crippen LogP contribution is -2.48. The first-order valence-corrected chi connectivity index (χ1v) is 10.6. The number of likely N-dealkylation sites (tertiary alicyclic amines) is 1. The van der Waals surface area contributed by atoms with Gasteiger partial charge in [-0.3, -0.25) is 9.69 Å². The van der Waals surface area contributed by atoms with E-state index in [0.29, 0.717) is 37.6 Å². The summed E-state index contributed by atoms with van der Waals surface area (Å²) in [4.78, 5) is 19.8. The van der Waals surface area contributed by atoms with Gasteiger partial charge in [0.25, 0.3) is 0 Å². The van der Waals surface area contributed by atoms with E-state index >= 15 is 0 Å². The highest BCUT2D eigenvalue weighted by atomic mass is 19.1. The molecule has 0 spiro atoms. The fraction of sp³-hybridized carbons (Fsp3) is 0.375. The molecule has 7 heteroatoms. The van der Waals surface area contributed by atoms with Crippen LogP contribution in [0.5, 0.6) is 0 Å². The second-order valence-corrected chi connectivity index (χ2v) is 7.88. The van der Waals surface area contributed by atoms with Crippen LogP contribution in [0.25, 0.3) is 0 Å². The molecular formula is C24H26FN3O3. The molecule has 6 nitrogen and oxygen atoms in total. The molecule has 4 rings (SSSR count). The fourth-order valence-electron chi connectivity index (χ4n) is 4.01. The normalized spacial score (nSPS) is 16.2. The highest BCUT2D eigenvalue weighted by Crippen LogP contribution is 2.36. The molecule has 31 heavy (non-hydrogen) atoms. The van der Waals surface area contributed by atoms with Crippen molar-refractivity contribution in [2.24, 2.45) is 0 Å². The SMILES string of the molecule is CCOC(=O)C1(c2nc(Cc3ccc(F)cc3)no2)CCN(Cc2ccccc2)CC1. The number of hydrogen-bond acceptors (Lipinski definition) is 6. The summed E-state index contributed by atoms with van der Waals surface area (Å²) in [6.45, 7) is 4.38. The van der Waals surface area contributed by atoms with E-state index in [1.54, 1.807) is 19.1 Å². The second-order valence-electron chi connectivity index (χ2n) is 7.88. The number of aromatic nitrogens is 2. The van der Waals surface area contributed by atoms with Crippen molar-refractivity contribution in [2.75, 3.05) is 19.7 Å². The first kappa shape index (κ1) is 21.2. The van der Waals surface area contributed by atoms with E-state index in [2.05, 4.69) is 27.2 Å². The molecule has 1 aliphatic rings. The van der Waals surface area contributed by atoms with Gasteiger partial charge in [0.1, 0.15) is 11.2 Å². The number of piperidine rings is 1. The maximum atomic E-state index is 13.1. The van der Waals surface area contributed by atoms with E-state index in [0.717, 1.165) is 25.2 Å². The van der Waals surface area contributed by atoms with Crippen molar-refractivity contribution in [3.05, 3.63) is 83.3 Å². The highest BCUT2D eigenvalue weighted by molar-refractivity contribution is 5.82. The molecule has 2 heterocycles. The molecule has 0 bridgehead atoms. The maximum Gasteiger partial charge on any atom is 0.321 e. The molecule has 2 aromatic carbocycles. The molecule has 0 amide bonds. The van der Waals surface area contributed by atoms with Gasteiger partial charge in [-0.25, -0.2) is 4.39 Å². The zero-order chi connectivity index (χ0) is 21.7. The molecule has 0 radical (unpaired) electrons. The molecule has 0 unspecified atom stereocenters. The molecule has 1 aliphatic heterocycles. The van der Waals surface area contributed by atoms with Gasteiger partial charge >= 0.3 is 5.97 Å². The second kappa shape index (κ2) is 9.39. The van der Waals surface area contributed by atoms with Gasteiger partial charge in [0.2, 0.25) is 5.89 Å². The summed E-state index contributed by atoms with van der Waals surface area (Å²) in [6, 6.07) is 16.5. The average Bonchev–Trinajstić information content (AvgIpc) is 3.26. The van der Waals surface area contributed by atoms with Crippen LogP contribution in [0.2, 0.25) is 0 Å². The lowest BCUT2D eigenvalue weighted by atomic mass is 9.78. The van der Waals surface area contributed by atoms with Crippen LogP contribution in [0.1, 0.15) is 42.6 Å². The number of esters is 1. The van der Waals surface area contributed by atoms with Gasteiger partial charge in [-0.15, -0.1) is 0 Å². The summed E-state index contributed by atoms with van der Waals surface area (Å²) in [5, 5.41) is 4.08. The molecule has 0 N–H and O–H groups in total. The molecule has 3 aromatic rings. The Morgan fingerprint density at radius 1 is 1.10 bits per heavy atom. The van der Waals surface area contributed by atoms with Crippen LogP contribution in [0.3, 0.4) is 0 Å². The highest BCUT2D eigenvalue weighted by Gasteiger charge is 2.49. The Kier molecular flexibility index (Phi) is 6.42. The van der Waals surface area contributed by atoms with E-state index in [1.165, 1.54) is 17.7 Å². The number of benzene rings is 2. The lowest BCUT2D eigenvalue weighted by Gasteiger charge is -2.37. The Morgan fingerprint density at radius 3 is 2.48 bits per heavy atom. The largest absolute Gasteiger partial charge is 0.465 e. The van der Waals surface area contributed by atoms with Gasteiger partial charge < -0.3 is 9.26 Å². The van der Waals surface area contributed by atoms with Crippen LogP contribution >= 0.6 is 0 Å². The van der Waals surface area contributed by atoms with Crippen LogP contribution in [0.4, 0.5) is 4.39 Å². The minimum Gasteiger partial charge on any atom is -0.465 e. The van der Waals surface area contributed by atoms with E-state index in [-0.39, 0.29) is 11.8 Å². The summed E-state index contributed by atoms with van der Waals surface area (Å²) in [6.07, 6.45) is 1.51. The Bertz CT molecular complexity index is 996. The molecule has 0 atom stereocenters. The first-order valence-electron chi connectivity index (χ1n) is 10.6. The first-order chi connectivity index (χ1) is 15.1. The Hall–Kier alpha value is -3.06. The molecule has 1 fully saturated rings. The molecule has 1 saturated heterocycles. The van der Waals surface area contributed by atoms with Crippen molar-refractivity contribution in [1.29, 1.82) is 0 Å². The number of ether oxygens (including phenoxy) is 1.